The molecule has 1 aliphatic rings. The minimum absolute atomic E-state index is 0.226. The second-order valence-electron chi connectivity index (χ2n) is 5.80. The number of aliphatic hydroxyl groups is 1. The van der Waals surface area contributed by atoms with Gasteiger partial charge in [-0.25, -0.2) is 8.42 Å². The van der Waals surface area contributed by atoms with Crippen LogP contribution >= 0.6 is 0 Å². The van der Waals surface area contributed by atoms with Gasteiger partial charge < -0.3 is 15.6 Å². The van der Waals surface area contributed by atoms with Gasteiger partial charge in [0.05, 0.1) is 29.4 Å². The number of aliphatic hydroxyl groups excluding tert-OH is 1. The summed E-state index contributed by atoms with van der Waals surface area (Å²) in [5.41, 5.74) is 5.82. The van der Waals surface area contributed by atoms with E-state index in [4.69, 9.17) is 10.5 Å². The van der Waals surface area contributed by atoms with Gasteiger partial charge >= 0.3 is 0 Å². The SMILES string of the molecule is COc1ccc([C@@H]2[C@H](S(=O)(=O)c3ccccc3)[C@@]2(N)CO)cc1. The van der Waals surface area contributed by atoms with E-state index in [-0.39, 0.29) is 11.5 Å². The molecule has 6 heteroatoms. The van der Waals surface area contributed by atoms with Gasteiger partial charge in [-0.1, -0.05) is 30.3 Å². The smallest absolute Gasteiger partial charge is 0.183 e. The highest BCUT2D eigenvalue weighted by atomic mass is 32.2. The van der Waals surface area contributed by atoms with Crippen molar-refractivity contribution in [2.45, 2.75) is 21.6 Å². The zero-order chi connectivity index (χ0) is 16.7. The van der Waals surface area contributed by atoms with Gasteiger partial charge in [-0.2, -0.15) is 0 Å². The molecular weight excluding hydrogens is 314 g/mol. The van der Waals surface area contributed by atoms with E-state index in [1.807, 2.05) is 0 Å². The normalized spacial score (nSPS) is 26.7. The van der Waals surface area contributed by atoms with E-state index in [9.17, 15) is 13.5 Å². The molecule has 3 rings (SSSR count). The number of ether oxygens (including phenoxy) is 1. The molecule has 2 aromatic carbocycles. The Morgan fingerprint density at radius 1 is 1.13 bits per heavy atom. The van der Waals surface area contributed by atoms with Gasteiger partial charge in [0.1, 0.15) is 5.75 Å². The standard InChI is InChI=1S/C17H19NO4S/c1-22-13-9-7-12(8-10-13)15-16(17(15,18)11-19)23(20,21)14-5-3-2-4-6-14/h2-10,15-16,19H,11,18H2,1H3/t15-,16+,17-/m1/s1. The Bertz CT molecular complexity index is 789. The molecule has 0 spiro atoms. The Morgan fingerprint density at radius 3 is 2.26 bits per heavy atom. The first-order valence-electron chi connectivity index (χ1n) is 7.28. The van der Waals surface area contributed by atoms with E-state index >= 15 is 0 Å². The predicted molar refractivity (Wildman–Crippen MR) is 87.2 cm³/mol. The fraction of sp³-hybridized carbons (Fsp3) is 0.294. The van der Waals surface area contributed by atoms with Crippen molar-refractivity contribution in [1.29, 1.82) is 0 Å². The van der Waals surface area contributed by atoms with Crippen LogP contribution in [0.25, 0.3) is 0 Å². The maximum atomic E-state index is 12.9. The molecule has 0 radical (unpaired) electrons. The minimum Gasteiger partial charge on any atom is -0.497 e. The highest BCUT2D eigenvalue weighted by Gasteiger charge is 2.69. The Morgan fingerprint density at radius 2 is 1.74 bits per heavy atom. The summed E-state index contributed by atoms with van der Waals surface area (Å²) in [5, 5.41) is 8.83. The van der Waals surface area contributed by atoms with Gasteiger partial charge in [0.15, 0.2) is 9.84 Å². The molecule has 0 unspecified atom stereocenters. The van der Waals surface area contributed by atoms with Gasteiger partial charge in [-0.05, 0) is 29.8 Å². The Labute approximate surface area is 135 Å². The summed E-state index contributed by atoms with van der Waals surface area (Å²) < 4.78 is 30.8. The van der Waals surface area contributed by atoms with E-state index < -0.39 is 26.5 Å². The average molecular weight is 333 g/mol. The van der Waals surface area contributed by atoms with Crippen LogP contribution in [0, 0.1) is 0 Å². The third-order valence-corrected chi connectivity index (χ3v) is 6.77. The highest BCUT2D eigenvalue weighted by Crippen LogP contribution is 2.55. The predicted octanol–water partition coefficient (Wildman–Crippen LogP) is 1.32. The van der Waals surface area contributed by atoms with Crippen molar-refractivity contribution >= 4 is 9.84 Å². The highest BCUT2D eigenvalue weighted by molar-refractivity contribution is 7.92. The monoisotopic (exact) mass is 333 g/mol. The third kappa shape index (κ3) is 2.52. The number of hydrogen-bond acceptors (Lipinski definition) is 5. The maximum absolute atomic E-state index is 12.9. The van der Waals surface area contributed by atoms with Gasteiger partial charge in [-0.3, -0.25) is 0 Å². The fourth-order valence-electron chi connectivity index (χ4n) is 3.13. The zero-order valence-corrected chi connectivity index (χ0v) is 13.5. The van der Waals surface area contributed by atoms with Gasteiger partial charge in [0.2, 0.25) is 0 Å². The lowest BCUT2D eigenvalue weighted by Gasteiger charge is -2.08. The summed E-state index contributed by atoms with van der Waals surface area (Å²) in [6, 6.07) is 15.3. The largest absolute Gasteiger partial charge is 0.497 e. The van der Waals surface area contributed by atoms with E-state index in [2.05, 4.69) is 0 Å². The van der Waals surface area contributed by atoms with Crippen LogP contribution in [0.3, 0.4) is 0 Å². The number of nitrogens with two attached hydrogens (primary N) is 1. The van der Waals surface area contributed by atoms with Crippen molar-refractivity contribution in [3.63, 3.8) is 0 Å². The molecule has 0 aliphatic heterocycles. The Balaban J connectivity index is 1.98. The van der Waals surface area contributed by atoms with Crippen LogP contribution in [0.2, 0.25) is 0 Å². The first-order chi connectivity index (χ1) is 10.9. The quantitative estimate of drug-likeness (QED) is 0.861. The molecule has 3 atom stereocenters. The molecule has 3 N–H and O–H groups in total. The summed E-state index contributed by atoms with van der Waals surface area (Å²) in [4.78, 5) is 0.226. The molecule has 1 fully saturated rings. The van der Waals surface area contributed by atoms with Crippen molar-refractivity contribution in [3.05, 3.63) is 60.2 Å². The Kier molecular flexibility index (Phi) is 3.91. The molecule has 0 bridgehead atoms. The molecule has 0 saturated heterocycles. The molecule has 0 amide bonds. The second kappa shape index (κ2) is 5.63. The summed E-state index contributed by atoms with van der Waals surface area (Å²) in [6.07, 6.45) is 0. The molecule has 0 aromatic heterocycles. The number of benzene rings is 2. The van der Waals surface area contributed by atoms with Gasteiger partial charge in [0, 0.05) is 5.92 Å². The lowest BCUT2D eigenvalue weighted by atomic mass is 10.1. The summed E-state index contributed by atoms with van der Waals surface area (Å²) >= 11 is 0. The van der Waals surface area contributed by atoms with Crippen LogP contribution in [0.5, 0.6) is 5.75 Å². The Hall–Kier alpha value is -1.89. The number of rotatable bonds is 5. The molecule has 23 heavy (non-hydrogen) atoms. The zero-order valence-electron chi connectivity index (χ0n) is 12.7. The molecule has 0 heterocycles. The number of sulfone groups is 1. The van der Waals surface area contributed by atoms with Crippen LogP contribution in [0.15, 0.2) is 59.5 Å². The summed E-state index contributed by atoms with van der Waals surface area (Å²) in [6.45, 7) is -0.388. The van der Waals surface area contributed by atoms with Crippen LogP contribution in [-0.4, -0.2) is 38.0 Å². The van der Waals surface area contributed by atoms with Crippen LogP contribution in [-0.2, 0) is 9.84 Å². The number of methoxy groups -OCH3 is 1. The molecule has 5 nitrogen and oxygen atoms in total. The molecule has 122 valence electrons. The van der Waals surface area contributed by atoms with Gasteiger partial charge in [0.25, 0.3) is 0 Å². The van der Waals surface area contributed by atoms with Crippen LogP contribution in [0.4, 0.5) is 0 Å². The minimum atomic E-state index is -3.61. The maximum Gasteiger partial charge on any atom is 0.183 e. The third-order valence-electron chi connectivity index (χ3n) is 4.46. The molecular formula is C17H19NO4S. The van der Waals surface area contributed by atoms with Crippen LogP contribution < -0.4 is 10.5 Å². The average Bonchev–Trinajstić information content (AvgIpc) is 3.23. The summed E-state index contributed by atoms with van der Waals surface area (Å²) in [7, 11) is -2.05. The lowest BCUT2D eigenvalue weighted by molar-refractivity contribution is 0.253. The van der Waals surface area contributed by atoms with E-state index in [1.165, 1.54) is 0 Å². The first kappa shape index (κ1) is 16.0. The summed E-state index contributed by atoms with van der Waals surface area (Å²) in [5.74, 6) is 0.243. The molecule has 1 aliphatic carbocycles. The topological polar surface area (TPSA) is 89.6 Å². The number of hydrogen-bond donors (Lipinski definition) is 2. The van der Waals surface area contributed by atoms with Gasteiger partial charge in [-0.15, -0.1) is 0 Å². The second-order valence-corrected chi connectivity index (χ2v) is 7.87. The molecule has 2 aromatic rings. The van der Waals surface area contributed by atoms with Crippen molar-refractivity contribution in [2.24, 2.45) is 5.73 Å². The van der Waals surface area contributed by atoms with E-state index in [0.29, 0.717) is 5.75 Å². The van der Waals surface area contributed by atoms with Crippen molar-refractivity contribution < 1.29 is 18.3 Å². The fourth-order valence-corrected chi connectivity index (χ4v) is 5.45. The van der Waals surface area contributed by atoms with Crippen molar-refractivity contribution in [2.75, 3.05) is 13.7 Å². The molecule has 1 saturated carbocycles. The van der Waals surface area contributed by atoms with E-state index in [0.717, 1.165) is 5.56 Å². The van der Waals surface area contributed by atoms with Crippen LogP contribution in [0.1, 0.15) is 11.5 Å². The van der Waals surface area contributed by atoms with E-state index in [1.54, 1.807) is 61.7 Å². The van der Waals surface area contributed by atoms with Crippen molar-refractivity contribution in [3.8, 4) is 5.75 Å². The first-order valence-corrected chi connectivity index (χ1v) is 8.82. The van der Waals surface area contributed by atoms with Crippen molar-refractivity contribution in [1.82, 2.24) is 0 Å². The lowest BCUT2D eigenvalue weighted by Crippen LogP contribution is -2.35.